The van der Waals surface area contributed by atoms with Gasteiger partial charge in [0.25, 0.3) is 0 Å². The molecule has 2 atom stereocenters. The lowest BCUT2D eigenvalue weighted by molar-refractivity contribution is 0.0147. The summed E-state index contributed by atoms with van der Waals surface area (Å²) in [6.07, 6.45) is 6.30. The van der Waals surface area contributed by atoms with Crippen LogP contribution in [0.15, 0.2) is 0 Å². The van der Waals surface area contributed by atoms with Crippen molar-refractivity contribution in [3.8, 4) is 0 Å². The van der Waals surface area contributed by atoms with Gasteiger partial charge in [-0.25, -0.2) is 4.79 Å². The summed E-state index contributed by atoms with van der Waals surface area (Å²) in [5.74, 6) is 1.43. The number of hydrogen-bond acceptors (Lipinski definition) is 3. The van der Waals surface area contributed by atoms with Gasteiger partial charge in [-0.3, -0.25) is 0 Å². The highest BCUT2D eigenvalue weighted by molar-refractivity contribution is 5.68. The summed E-state index contributed by atoms with van der Waals surface area (Å²) in [4.78, 5) is 14.1. The highest BCUT2D eigenvalue weighted by Crippen LogP contribution is 2.26. The fraction of sp³-hybridized carbons (Fsp3) is 0.941. The van der Waals surface area contributed by atoms with E-state index in [-0.39, 0.29) is 6.09 Å². The number of likely N-dealkylation sites (tertiary alicyclic amines) is 1. The van der Waals surface area contributed by atoms with Gasteiger partial charge in [-0.1, -0.05) is 6.42 Å². The summed E-state index contributed by atoms with van der Waals surface area (Å²) in [6, 6.07) is 0.482. The SMILES string of the molecule is CC(NCC1CCC1)C1CCCN(C(=O)OC(C)(C)C)C1. The Morgan fingerprint density at radius 2 is 2.00 bits per heavy atom. The number of piperidine rings is 1. The van der Waals surface area contributed by atoms with Gasteiger partial charge in [-0.2, -0.15) is 0 Å². The van der Waals surface area contributed by atoms with E-state index < -0.39 is 5.60 Å². The molecule has 0 bridgehead atoms. The zero-order valence-electron chi connectivity index (χ0n) is 14.2. The molecule has 0 spiro atoms. The van der Waals surface area contributed by atoms with Crippen molar-refractivity contribution >= 4 is 6.09 Å². The molecule has 1 aliphatic carbocycles. The van der Waals surface area contributed by atoms with Crippen LogP contribution in [0.1, 0.15) is 59.8 Å². The van der Waals surface area contributed by atoms with Gasteiger partial charge in [-0.15, -0.1) is 0 Å². The first kappa shape index (κ1) is 16.6. The van der Waals surface area contributed by atoms with Gasteiger partial charge >= 0.3 is 6.09 Å². The van der Waals surface area contributed by atoms with Crippen LogP contribution in [-0.2, 0) is 4.74 Å². The van der Waals surface area contributed by atoms with Crippen LogP contribution < -0.4 is 5.32 Å². The number of ether oxygens (including phenoxy) is 1. The molecule has 4 nitrogen and oxygen atoms in total. The quantitative estimate of drug-likeness (QED) is 0.864. The monoisotopic (exact) mass is 296 g/mol. The van der Waals surface area contributed by atoms with Crippen molar-refractivity contribution in [1.82, 2.24) is 10.2 Å². The van der Waals surface area contributed by atoms with Gasteiger partial charge in [0.1, 0.15) is 5.60 Å². The maximum atomic E-state index is 12.2. The van der Waals surface area contributed by atoms with Gasteiger partial charge in [0.05, 0.1) is 0 Å². The molecule has 2 unspecified atom stereocenters. The van der Waals surface area contributed by atoms with E-state index in [4.69, 9.17) is 4.74 Å². The summed E-state index contributed by atoms with van der Waals surface area (Å²) >= 11 is 0. The maximum absolute atomic E-state index is 12.2. The molecule has 2 fully saturated rings. The van der Waals surface area contributed by atoms with Crippen LogP contribution in [0.3, 0.4) is 0 Å². The van der Waals surface area contributed by atoms with E-state index >= 15 is 0 Å². The van der Waals surface area contributed by atoms with Gasteiger partial charge in [0.2, 0.25) is 0 Å². The Hall–Kier alpha value is -0.770. The smallest absolute Gasteiger partial charge is 0.410 e. The van der Waals surface area contributed by atoms with Crippen molar-refractivity contribution in [2.24, 2.45) is 11.8 Å². The van der Waals surface area contributed by atoms with E-state index in [2.05, 4.69) is 12.2 Å². The molecule has 1 saturated heterocycles. The molecule has 21 heavy (non-hydrogen) atoms. The highest BCUT2D eigenvalue weighted by Gasteiger charge is 2.30. The number of carbonyl (C=O) groups is 1. The summed E-state index contributed by atoms with van der Waals surface area (Å²) in [6.45, 7) is 10.8. The summed E-state index contributed by atoms with van der Waals surface area (Å²) < 4.78 is 5.50. The van der Waals surface area contributed by atoms with Crippen molar-refractivity contribution in [3.63, 3.8) is 0 Å². The molecule has 2 aliphatic rings. The van der Waals surface area contributed by atoms with Crippen LogP contribution in [0.5, 0.6) is 0 Å². The first-order chi connectivity index (χ1) is 9.85. The zero-order chi connectivity index (χ0) is 15.5. The van der Waals surface area contributed by atoms with E-state index in [0.29, 0.717) is 12.0 Å². The minimum absolute atomic E-state index is 0.154. The van der Waals surface area contributed by atoms with Gasteiger partial charge < -0.3 is 15.0 Å². The molecule has 1 aliphatic heterocycles. The van der Waals surface area contributed by atoms with E-state index in [0.717, 1.165) is 32.0 Å². The van der Waals surface area contributed by atoms with Gasteiger partial charge in [0, 0.05) is 19.1 Å². The topological polar surface area (TPSA) is 41.6 Å². The van der Waals surface area contributed by atoms with Crippen molar-refractivity contribution in [3.05, 3.63) is 0 Å². The second kappa shape index (κ2) is 6.99. The second-order valence-electron chi connectivity index (χ2n) is 7.82. The number of carbonyl (C=O) groups excluding carboxylic acids is 1. The first-order valence-corrected chi connectivity index (χ1v) is 8.56. The normalized spacial score (nSPS) is 25.3. The molecular formula is C17H32N2O2. The average molecular weight is 296 g/mol. The number of amides is 1. The Balaban J connectivity index is 1.77. The molecule has 4 heteroatoms. The van der Waals surface area contributed by atoms with Crippen LogP contribution in [-0.4, -0.2) is 42.3 Å². The van der Waals surface area contributed by atoms with Crippen LogP contribution in [0.2, 0.25) is 0 Å². The number of hydrogen-bond donors (Lipinski definition) is 1. The van der Waals surface area contributed by atoms with E-state index in [9.17, 15) is 4.79 Å². The molecule has 0 aromatic carbocycles. The fourth-order valence-electron chi connectivity index (χ4n) is 3.13. The lowest BCUT2D eigenvalue weighted by atomic mass is 9.84. The van der Waals surface area contributed by atoms with Gasteiger partial charge in [-0.05, 0) is 71.8 Å². The van der Waals surface area contributed by atoms with Crippen LogP contribution in [0.4, 0.5) is 4.79 Å². The largest absolute Gasteiger partial charge is 0.444 e. The predicted molar refractivity (Wildman–Crippen MR) is 85.3 cm³/mol. The van der Waals surface area contributed by atoms with Crippen molar-refractivity contribution in [2.45, 2.75) is 71.4 Å². The summed E-state index contributed by atoms with van der Waals surface area (Å²) in [7, 11) is 0. The van der Waals surface area contributed by atoms with Crippen LogP contribution >= 0.6 is 0 Å². The molecule has 2 rings (SSSR count). The van der Waals surface area contributed by atoms with Crippen molar-refractivity contribution < 1.29 is 9.53 Å². The maximum Gasteiger partial charge on any atom is 0.410 e. The molecule has 0 radical (unpaired) electrons. The standard InChI is InChI=1S/C17H32N2O2/c1-13(18-11-14-7-5-8-14)15-9-6-10-19(12-15)16(20)21-17(2,3)4/h13-15,18H,5-12H2,1-4H3. The first-order valence-electron chi connectivity index (χ1n) is 8.56. The Morgan fingerprint density at radius 3 is 2.57 bits per heavy atom. The number of nitrogens with zero attached hydrogens (tertiary/aromatic N) is 1. The average Bonchev–Trinajstić information content (AvgIpc) is 2.35. The minimum atomic E-state index is -0.405. The number of rotatable bonds is 4. The molecule has 1 amide bonds. The van der Waals surface area contributed by atoms with E-state index in [1.165, 1.54) is 25.7 Å². The molecular weight excluding hydrogens is 264 g/mol. The molecule has 1 heterocycles. The van der Waals surface area contributed by atoms with Crippen molar-refractivity contribution in [1.29, 1.82) is 0 Å². The van der Waals surface area contributed by atoms with Crippen molar-refractivity contribution in [2.75, 3.05) is 19.6 Å². The highest BCUT2D eigenvalue weighted by atomic mass is 16.6. The summed E-state index contributed by atoms with van der Waals surface area (Å²) in [5.41, 5.74) is -0.405. The Labute approximate surface area is 129 Å². The second-order valence-corrected chi connectivity index (χ2v) is 7.82. The molecule has 0 aromatic rings. The minimum Gasteiger partial charge on any atom is -0.444 e. The van der Waals surface area contributed by atoms with Crippen LogP contribution in [0.25, 0.3) is 0 Å². The van der Waals surface area contributed by atoms with Gasteiger partial charge in [0.15, 0.2) is 0 Å². The Morgan fingerprint density at radius 1 is 1.29 bits per heavy atom. The molecule has 1 N–H and O–H groups in total. The third-order valence-corrected chi connectivity index (χ3v) is 4.77. The number of nitrogens with one attached hydrogen (secondary N) is 1. The Bertz CT molecular complexity index is 347. The zero-order valence-corrected chi connectivity index (χ0v) is 14.2. The fourth-order valence-corrected chi connectivity index (χ4v) is 3.13. The molecule has 0 aromatic heterocycles. The molecule has 122 valence electrons. The lowest BCUT2D eigenvalue weighted by Gasteiger charge is -2.37. The molecule has 1 saturated carbocycles. The van der Waals surface area contributed by atoms with Crippen LogP contribution in [0, 0.1) is 11.8 Å². The third-order valence-electron chi connectivity index (χ3n) is 4.77. The lowest BCUT2D eigenvalue weighted by Crippen LogP contribution is -2.48. The van der Waals surface area contributed by atoms with E-state index in [1.54, 1.807) is 0 Å². The predicted octanol–water partition coefficient (Wildman–Crippen LogP) is 3.41. The summed E-state index contributed by atoms with van der Waals surface area (Å²) in [5, 5.41) is 3.68. The Kier molecular flexibility index (Phi) is 5.53. The third kappa shape index (κ3) is 5.17. The van der Waals surface area contributed by atoms with E-state index in [1.807, 2.05) is 25.7 Å².